The number of ether oxygens (including phenoxy) is 1. The predicted octanol–water partition coefficient (Wildman–Crippen LogP) is 5.04. The van der Waals surface area contributed by atoms with E-state index in [0.29, 0.717) is 0 Å². The first-order valence-corrected chi connectivity index (χ1v) is 10.5. The molecule has 0 aliphatic carbocycles. The fourth-order valence-electron chi connectivity index (χ4n) is 4.55. The largest absolute Gasteiger partial charge is 0.464 e. The summed E-state index contributed by atoms with van der Waals surface area (Å²) in [6.07, 6.45) is 1.58. The van der Waals surface area contributed by atoms with Crippen molar-refractivity contribution < 1.29 is 18.7 Å². The number of nitrogens with zero attached hydrogens (tertiary/aromatic N) is 1. The molecule has 1 aliphatic rings. The number of carbonyl (C=O) groups excluding carboxylic acids is 2. The molecule has 0 unspecified atom stereocenters. The van der Waals surface area contributed by atoms with Crippen molar-refractivity contribution in [3.63, 3.8) is 0 Å². The maximum absolute atomic E-state index is 13.1. The molecule has 2 heterocycles. The lowest BCUT2D eigenvalue weighted by molar-refractivity contribution is -0.153. The van der Waals surface area contributed by atoms with Crippen LogP contribution in [0.1, 0.15) is 25.0 Å². The molecular formula is C26H23NO4. The van der Waals surface area contributed by atoms with E-state index in [9.17, 15) is 9.59 Å². The van der Waals surface area contributed by atoms with Gasteiger partial charge in [-0.25, -0.2) is 0 Å². The van der Waals surface area contributed by atoms with E-state index >= 15 is 0 Å². The number of carbonyl (C=O) groups is 2. The van der Waals surface area contributed by atoms with Crippen LogP contribution >= 0.6 is 0 Å². The molecule has 0 radical (unpaired) electrons. The molecule has 0 N–H and O–H groups in total. The van der Waals surface area contributed by atoms with Crippen LogP contribution in [0.4, 0.5) is 5.69 Å². The lowest BCUT2D eigenvalue weighted by Gasteiger charge is -2.25. The molecule has 4 aromatic rings. The van der Waals surface area contributed by atoms with Gasteiger partial charge in [-0.2, -0.15) is 0 Å². The van der Waals surface area contributed by atoms with Gasteiger partial charge in [-0.05, 0) is 48.7 Å². The molecule has 5 rings (SSSR count). The third-order valence-corrected chi connectivity index (χ3v) is 5.98. The van der Waals surface area contributed by atoms with Crippen LogP contribution in [0.3, 0.4) is 0 Å². The number of furan rings is 1. The van der Waals surface area contributed by atoms with Crippen molar-refractivity contribution in [1.82, 2.24) is 0 Å². The zero-order valence-corrected chi connectivity index (χ0v) is 17.5. The number of amides is 1. The van der Waals surface area contributed by atoms with Crippen LogP contribution in [-0.4, -0.2) is 24.0 Å². The van der Waals surface area contributed by atoms with Crippen LogP contribution < -0.4 is 4.90 Å². The standard InChI is InChI=1S/C26H23NO4/c1-16-13-19-8-4-6-10-22(19)27(16)26(29)17(2)31-24(28)14-20-15-30-23-12-11-18-7-3-5-9-21(18)25(20)23/h3-12,15-17H,13-14H2,1-2H3/t16-,17-/m1/s1. The summed E-state index contributed by atoms with van der Waals surface area (Å²) in [4.78, 5) is 27.5. The molecule has 1 amide bonds. The predicted molar refractivity (Wildman–Crippen MR) is 120 cm³/mol. The summed E-state index contributed by atoms with van der Waals surface area (Å²) in [6.45, 7) is 3.64. The van der Waals surface area contributed by atoms with Crippen LogP contribution in [0, 0.1) is 0 Å². The number of hydrogen-bond donors (Lipinski definition) is 0. The van der Waals surface area contributed by atoms with E-state index in [4.69, 9.17) is 9.15 Å². The van der Waals surface area contributed by atoms with Gasteiger partial charge in [-0.3, -0.25) is 9.59 Å². The van der Waals surface area contributed by atoms with Gasteiger partial charge < -0.3 is 14.1 Å². The summed E-state index contributed by atoms with van der Waals surface area (Å²) in [5, 5.41) is 3.02. The van der Waals surface area contributed by atoms with Crippen molar-refractivity contribution in [2.75, 3.05) is 4.90 Å². The van der Waals surface area contributed by atoms with Gasteiger partial charge >= 0.3 is 5.97 Å². The summed E-state index contributed by atoms with van der Waals surface area (Å²) in [6, 6.07) is 19.8. The highest BCUT2D eigenvalue weighted by Gasteiger charge is 2.34. The Kier molecular flexibility index (Phi) is 4.74. The molecule has 1 aromatic heterocycles. The molecule has 0 spiro atoms. The fraction of sp³-hybridized carbons (Fsp3) is 0.231. The minimum atomic E-state index is -0.865. The molecule has 1 aliphatic heterocycles. The average Bonchev–Trinajstić information content (AvgIpc) is 3.33. The summed E-state index contributed by atoms with van der Waals surface area (Å²) in [7, 11) is 0. The van der Waals surface area contributed by atoms with E-state index in [0.717, 1.165) is 45.0 Å². The first-order valence-electron chi connectivity index (χ1n) is 10.5. The van der Waals surface area contributed by atoms with Gasteiger partial charge in [0.15, 0.2) is 6.10 Å². The molecule has 5 heteroatoms. The zero-order chi connectivity index (χ0) is 21.5. The Balaban J connectivity index is 1.34. The van der Waals surface area contributed by atoms with E-state index in [1.54, 1.807) is 18.1 Å². The second kappa shape index (κ2) is 7.58. The minimum absolute atomic E-state index is 0.0373. The molecule has 0 saturated carbocycles. The van der Waals surface area contributed by atoms with Crippen molar-refractivity contribution >= 4 is 39.3 Å². The van der Waals surface area contributed by atoms with E-state index in [1.807, 2.05) is 67.6 Å². The summed E-state index contributed by atoms with van der Waals surface area (Å²) in [5.41, 5.74) is 3.53. The van der Waals surface area contributed by atoms with Crippen LogP contribution in [-0.2, 0) is 27.2 Å². The zero-order valence-electron chi connectivity index (χ0n) is 17.5. The SMILES string of the molecule is C[C@@H]1Cc2ccccc2N1C(=O)[C@@H](C)OC(=O)Cc1coc2ccc3ccccc3c12. The van der Waals surface area contributed by atoms with Gasteiger partial charge in [0.1, 0.15) is 5.58 Å². The Morgan fingerprint density at radius 1 is 1.10 bits per heavy atom. The monoisotopic (exact) mass is 413 g/mol. The van der Waals surface area contributed by atoms with Crippen LogP contribution in [0.5, 0.6) is 0 Å². The molecule has 2 atom stereocenters. The van der Waals surface area contributed by atoms with Crippen LogP contribution in [0.15, 0.2) is 71.3 Å². The smallest absolute Gasteiger partial charge is 0.311 e. The number of fused-ring (bicyclic) bond motifs is 4. The lowest BCUT2D eigenvalue weighted by Crippen LogP contribution is -2.43. The highest BCUT2D eigenvalue weighted by atomic mass is 16.5. The Labute approximate surface area is 180 Å². The fourth-order valence-corrected chi connectivity index (χ4v) is 4.55. The maximum atomic E-state index is 13.1. The summed E-state index contributed by atoms with van der Waals surface area (Å²) >= 11 is 0. The Hall–Kier alpha value is -3.60. The molecule has 5 nitrogen and oxygen atoms in total. The Morgan fingerprint density at radius 2 is 1.87 bits per heavy atom. The minimum Gasteiger partial charge on any atom is -0.464 e. The van der Waals surface area contributed by atoms with Gasteiger partial charge in [-0.15, -0.1) is 0 Å². The molecular weight excluding hydrogens is 390 g/mol. The van der Waals surface area contributed by atoms with Crippen molar-refractivity contribution in [3.8, 4) is 0 Å². The number of hydrogen-bond acceptors (Lipinski definition) is 4. The Bertz CT molecular complexity index is 1310. The van der Waals surface area contributed by atoms with E-state index < -0.39 is 12.1 Å². The van der Waals surface area contributed by atoms with Crippen molar-refractivity contribution in [2.45, 2.75) is 38.8 Å². The van der Waals surface area contributed by atoms with Crippen molar-refractivity contribution in [1.29, 1.82) is 0 Å². The number of esters is 1. The van der Waals surface area contributed by atoms with Gasteiger partial charge in [0.25, 0.3) is 5.91 Å². The number of benzene rings is 3. The first kappa shape index (κ1) is 19.4. The number of anilines is 1. The van der Waals surface area contributed by atoms with Gasteiger partial charge in [0.05, 0.1) is 12.7 Å². The van der Waals surface area contributed by atoms with E-state index in [-0.39, 0.29) is 18.4 Å². The highest BCUT2D eigenvalue weighted by Crippen LogP contribution is 2.33. The maximum Gasteiger partial charge on any atom is 0.311 e. The molecule has 3 aromatic carbocycles. The third kappa shape index (κ3) is 3.36. The first-order chi connectivity index (χ1) is 15.0. The second-order valence-electron chi connectivity index (χ2n) is 8.12. The van der Waals surface area contributed by atoms with E-state index in [2.05, 4.69) is 0 Å². The van der Waals surface area contributed by atoms with E-state index in [1.165, 1.54) is 0 Å². The quantitative estimate of drug-likeness (QED) is 0.440. The molecule has 0 bridgehead atoms. The molecule has 0 saturated heterocycles. The average molecular weight is 413 g/mol. The molecule has 31 heavy (non-hydrogen) atoms. The molecule has 0 fully saturated rings. The van der Waals surface area contributed by atoms with Gasteiger partial charge in [-0.1, -0.05) is 48.5 Å². The summed E-state index contributed by atoms with van der Waals surface area (Å²) < 4.78 is 11.2. The number of para-hydroxylation sites is 1. The topological polar surface area (TPSA) is 59.8 Å². The van der Waals surface area contributed by atoms with Crippen molar-refractivity contribution in [3.05, 3.63) is 78.1 Å². The van der Waals surface area contributed by atoms with Gasteiger partial charge in [0.2, 0.25) is 0 Å². The van der Waals surface area contributed by atoms with Crippen LogP contribution in [0.25, 0.3) is 21.7 Å². The van der Waals surface area contributed by atoms with Gasteiger partial charge in [0, 0.05) is 22.7 Å². The van der Waals surface area contributed by atoms with Crippen molar-refractivity contribution in [2.24, 2.45) is 0 Å². The summed E-state index contributed by atoms with van der Waals surface area (Å²) in [5.74, 6) is -0.648. The Morgan fingerprint density at radius 3 is 2.74 bits per heavy atom. The number of rotatable bonds is 4. The van der Waals surface area contributed by atoms with Crippen LogP contribution in [0.2, 0.25) is 0 Å². The lowest BCUT2D eigenvalue weighted by atomic mass is 10.0. The highest BCUT2D eigenvalue weighted by molar-refractivity contribution is 6.08. The second-order valence-corrected chi connectivity index (χ2v) is 8.12. The normalized spacial score (nSPS) is 16.5. The third-order valence-electron chi connectivity index (χ3n) is 5.98. The molecule has 156 valence electrons.